The van der Waals surface area contributed by atoms with E-state index in [1.807, 2.05) is 46.1 Å². The molecule has 8 heteroatoms. The van der Waals surface area contributed by atoms with Gasteiger partial charge in [0.15, 0.2) is 5.96 Å². The molecule has 0 aliphatic rings. The number of hydrogen-bond donors (Lipinski definition) is 2. The maximum Gasteiger partial charge on any atom is 0.191 e. The van der Waals surface area contributed by atoms with Gasteiger partial charge in [0.05, 0.1) is 17.2 Å². The minimum Gasteiger partial charge on any atom is -0.492 e. The number of aromatic nitrogens is 1. The fourth-order valence-corrected chi connectivity index (χ4v) is 3.31. The van der Waals surface area contributed by atoms with Crippen LogP contribution in [0.5, 0.6) is 5.75 Å². The summed E-state index contributed by atoms with van der Waals surface area (Å²) >= 11 is 1.71. The van der Waals surface area contributed by atoms with Crippen LogP contribution in [0.4, 0.5) is 0 Å². The van der Waals surface area contributed by atoms with Crippen molar-refractivity contribution in [3.63, 3.8) is 0 Å². The molecule has 6 nitrogen and oxygen atoms in total. The van der Waals surface area contributed by atoms with Crippen molar-refractivity contribution in [3.05, 3.63) is 45.4 Å². The van der Waals surface area contributed by atoms with Gasteiger partial charge < -0.3 is 20.3 Å². The first-order valence-electron chi connectivity index (χ1n) is 8.72. The van der Waals surface area contributed by atoms with Crippen molar-refractivity contribution in [1.29, 1.82) is 0 Å². The van der Waals surface area contributed by atoms with Crippen molar-refractivity contribution in [1.82, 2.24) is 20.5 Å². The van der Waals surface area contributed by atoms with Crippen LogP contribution in [0, 0.1) is 13.8 Å². The SMILES string of the molecule is CN=C(NCc1ccccc1OCCN(C)C)NCc1sc(C)nc1C.I. The lowest BCUT2D eigenvalue weighted by Crippen LogP contribution is -2.36. The number of para-hydroxylation sites is 1. The third-order valence-corrected chi connectivity index (χ3v) is 4.93. The van der Waals surface area contributed by atoms with E-state index in [-0.39, 0.29) is 24.0 Å². The molecule has 0 atom stereocenters. The van der Waals surface area contributed by atoms with Gasteiger partial charge in [-0.1, -0.05) is 18.2 Å². The lowest BCUT2D eigenvalue weighted by Gasteiger charge is -2.16. The van der Waals surface area contributed by atoms with Crippen LogP contribution in [-0.2, 0) is 13.1 Å². The minimum absolute atomic E-state index is 0. The summed E-state index contributed by atoms with van der Waals surface area (Å²) in [6.07, 6.45) is 0. The normalized spacial score (nSPS) is 11.3. The van der Waals surface area contributed by atoms with Gasteiger partial charge in [0, 0.05) is 30.6 Å². The number of ether oxygens (including phenoxy) is 1. The standard InChI is InChI=1S/C19H29N5OS.HI/c1-14-18(26-15(2)23-14)13-22-19(20-3)21-12-16-8-6-7-9-17(16)25-11-10-24(4)5;/h6-9H,10-13H2,1-5H3,(H2,20,21,22);1H. The Hall–Kier alpha value is -1.39. The molecule has 2 N–H and O–H groups in total. The molecule has 0 saturated heterocycles. The van der Waals surface area contributed by atoms with Crippen LogP contribution in [0.3, 0.4) is 0 Å². The number of hydrogen-bond acceptors (Lipinski definition) is 5. The second-order valence-electron chi connectivity index (χ2n) is 6.28. The number of guanidine groups is 1. The van der Waals surface area contributed by atoms with E-state index in [1.165, 1.54) is 4.88 Å². The molecule has 0 unspecified atom stereocenters. The lowest BCUT2D eigenvalue weighted by atomic mass is 10.2. The Morgan fingerprint density at radius 3 is 2.52 bits per heavy atom. The zero-order valence-corrected chi connectivity index (χ0v) is 19.9. The van der Waals surface area contributed by atoms with Crippen LogP contribution < -0.4 is 15.4 Å². The van der Waals surface area contributed by atoms with Gasteiger partial charge in [-0.25, -0.2) is 4.98 Å². The fourth-order valence-electron chi connectivity index (χ4n) is 2.43. The van der Waals surface area contributed by atoms with E-state index in [0.717, 1.165) is 41.1 Å². The molecule has 1 heterocycles. The van der Waals surface area contributed by atoms with Crippen molar-refractivity contribution in [3.8, 4) is 5.75 Å². The van der Waals surface area contributed by atoms with Gasteiger partial charge in [-0.3, -0.25) is 4.99 Å². The van der Waals surface area contributed by atoms with E-state index in [9.17, 15) is 0 Å². The van der Waals surface area contributed by atoms with Crippen LogP contribution >= 0.6 is 35.3 Å². The highest BCUT2D eigenvalue weighted by Crippen LogP contribution is 2.18. The summed E-state index contributed by atoms with van der Waals surface area (Å²) in [5, 5.41) is 7.79. The Kier molecular flexibility index (Phi) is 10.6. The molecule has 27 heavy (non-hydrogen) atoms. The van der Waals surface area contributed by atoms with Crippen molar-refractivity contribution < 1.29 is 4.74 Å². The number of thiazole rings is 1. The van der Waals surface area contributed by atoms with Crippen molar-refractivity contribution in [2.24, 2.45) is 4.99 Å². The summed E-state index contributed by atoms with van der Waals surface area (Å²) in [5.74, 6) is 1.67. The molecular weight excluding hydrogens is 473 g/mol. The number of aliphatic imine (C=N–C) groups is 1. The quantitative estimate of drug-likeness (QED) is 0.329. The zero-order chi connectivity index (χ0) is 18.9. The first kappa shape index (κ1) is 23.6. The molecule has 0 spiro atoms. The Morgan fingerprint density at radius 1 is 1.19 bits per heavy atom. The van der Waals surface area contributed by atoms with Crippen molar-refractivity contribution in [2.45, 2.75) is 26.9 Å². The van der Waals surface area contributed by atoms with E-state index >= 15 is 0 Å². The van der Waals surface area contributed by atoms with Crippen LogP contribution in [-0.4, -0.2) is 50.1 Å². The molecule has 0 aliphatic heterocycles. The van der Waals surface area contributed by atoms with E-state index in [4.69, 9.17) is 4.74 Å². The summed E-state index contributed by atoms with van der Waals surface area (Å²) in [5.41, 5.74) is 2.19. The number of nitrogens with one attached hydrogen (secondary N) is 2. The molecular formula is C19H30IN5OS. The smallest absolute Gasteiger partial charge is 0.191 e. The van der Waals surface area contributed by atoms with Crippen molar-refractivity contribution in [2.75, 3.05) is 34.3 Å². The molecule has 0 saturated carbocycles. The zero-order valence-electron chi connectivity index (χ0n) is 16.7. The van der Waals surface area contributed by atoms with Gasteiger partial charge in [0.2, 0.25) is 0 Å². The van der Waals surface area contributed by atoms with E-state index in [0.29, 0.717) is 13.2 Å². The summed E-state index contributed by atoms with van der Waals surface area (Å²) in [6, 6.07) is 8.10. The maximum absolute atomic E-state index is 5.91. The predicted molar refractivity (Wildman–Crippen MR) is 125 cm³/mol. The second-order valence-corrected chi connectivity index (χ2v) is 7.57. The third kappa shape index (κ3) is 8.02. The molecule has 0 aliphatic carbocycles. The number of rotatable bonds is 8. The highest BCUT2D eigenvalue weighted by Gasteiger charge is 2.07. The molecule has 150 valence electrons. The third-order valence-electron chi connectivity index (χ3n) is 3.85. The Labute approximate surface area is 183 Å². The van der Waals surface area contributed by atoms with E-state index in [2.05, 4.69) is 31.6 Å². The van der Waals surface area contributed by atoms with Gasteiger partial charge in [-0.15, -0.1) is 35.3 Å². The molecule has 2 rings (SSSR count). The van der Waals surface area contributed by atoms with Gasteiger partial charge in [0.1, 0.15) is 12.4 Å². The molecule has 1 aromatic heterocycles. The molecule has 0 radical (unpaired) electrons. The Morgan fingerprint density at radius 2 is 1.89 bits per heavy atom. The Bertz CT molecular complexity index is 733. The fraction of sp³-hybridized carbons (Fsp3) is 0.474. The largest absolute Gasteiger partial charge is 0.492 e. The summed E-state index contributed by atoms with van der Waals surface area (Å²) in [6.45, 7) is 7.00. The summed E-state index contributed by atoms with van der Waals surface area (Å²) < 4.78 is 5.91. The molecule has 0 bridgehead atoms. The maximum atomic E-state index is 5.91. The van der Waals surface area contributed by atoms with Gasteiger partial charge in [-0.05, 0) is 34.0 Å². The number of benzene rings is 1. The average Bonchev–Trinajstić information content (AvgIpc) is 2.93. The summed E-state index contributed by atoms with van der Waals surface area (Å²) in [7, 11) is 5.86. The second kappa shape index (κ2) is 12.1. The highest BCUT2D eigenvalue weighted by molar-refractivity contribution is 14.0. The van der Waals surface area contributed by atoms with Gasteiger partial charge in [-0.2, -0.15) is 0 Å². The first-order chi connectivity index (χ1) is 12.5. The van der Waals surface area contributed by atoms with E-state index in [1.54, 1.807) is 18.4 Å². The Balaban J connectivity index is 0.00000364. The van der Waals surface area contributed by atoms with E-state index < -0.39 is 0 Å². The molecule has 1 aromatic carbocycles. The van der Waals surface area contributed by atoms with Crippen LogP contribution in [0.25, 0.3) is 0 Å². The highest BCUT2D eigenvalue weighted by atomic mass is 127. The van der Waals surface area contributed by atoms with Crippen molar-refractivity contribution >= 4 is 41.3 Å². The lowest BCUT2D eigenvalue weighted by molar-refractivity contribution is 0.259. The summed E-state index contributed by atoms with van der Waals surface area (Å²) in [4.78, 5) is 12.1. The molecule has 2 aromatic rings. The molecule has 0 amide bonds. The van der Waals surface area contributed by atoms with Crippen LogP contribution in [0.15, 0.2) is 29.3 Å². The monoisotopic (exact) mass is 503 g/mol. The molecule has 0 fully saturated rings. The minimum atomic E-state index is 0. The number of aryl methyl sites for hydroxylation is 2. The van der Waals surface area contributed by atoms with Crippen LogP contribution in [0.2, 0.25) is 0 Å². The average molecular weight is 503 g/mol. The predicted octanol–water partition coefficient (Wildman–Crippen LogP) is 3.18. The topological polar surface area (TPSA) is 61.8 Å². The van der Waals surface area contributed by atoms with Gasteiger partial charge >= 0.3 is 0 Å². The van der Waals surface area contributed by atoms with Crippen LogP contribution in [0.1, 0.15) is 21.1 Å². The first-order valence-corrected chi connectivity index (χ1v) is 9.54. The number of likely N-dealkylation sites (N-methyl/N-ethyl adjacent to an activating group) is 1. The van der Waals surface area contributed by atoms with Gasteiger partial charge in [0.25, 0.3) is 0 Å². The number of nitrogens with zero attached hydrogens (tertiary/aromatic N) is 3. The number of halogens is 1.